The first-order valence-electron chi connectivity index (χ1n) is 5.82. The molecule has 1 unspecified atom stereocenters. The maximum absolute atomic E-state index is 10.8. The zero-order valence-electron chi connectivity index (χ0n) is 10.5. The molecule has 0 radical (unpaired) electrons. The topological polar surface area (TPSA) is 127 Å². The molecule has 0 bridgehead atoms. The quantitative estimate of drug-likeness (QED) is 0.687. The molecular formula is C10H16N5O3P. The molecule has 0 fully saturated rings. The predicted molar refractivity (Wildman–Crippen MR) is 70.4 cm³/mol. The van der Waals surface area contributed by atoms with Crippen molar-refractivity contribution in [2.45, 2.75) is 19.9 Å². The second-order valence-electron chi connectivity index (χ2n) is 4.61. The van der Waals surface area contributed by atoms with Gasteiger partial charge >= 0.3 is 7.60 Å². The number of nitrogens with zero attached hydrogens (tertiary/aromatic N) is 4. The van der Waals surface area contributed by atoms with Crippen LogP contribution in [0.5, 0.6) is 0 Å². The van der Waals surface area contributed by atoms with Crippen molar-refractivity contribution in [3.8, 4) is 0 Å². The van der Waals surface area contributed by atoms with Crippen molar-refractivity contribution in [1.29, 1.82) is 0 Å². The number of hydrogen-bond donors (Lipinski definition) is 3. The van der Waals surface area contributed by atoms with Gasteiger partial charge in [-0.3, -0.25) is 4.57 Å². The van der Waals surface area contributed by atoms with Gasteiger partial charge < -0.3 is 20.1 Å². The Kier molecular flexibility index (Phi) is 3.84. The highest BCUT2D eigenvalue weighted by Crippen LogP contribution is 2.36. The number of fused-ring (bicyclic) bond motifs is 1. The minimum Gasteiger partial charge on any atom is -0.382 e. The Balaban J connectivity index is 2.09. The van der Waals surface area contributed by atoms with Crippen LogP contribution in [0.2, 0.25) is 0 Å². The van der Waals surface area contributed by atoms with Gasteiger partial charge in [-0.15, -0.1) is 0 Å². The lowest BCUT2D eigenvalue weighted by Gasteiger charge is -2.12. The number of nitrogen functional groups attached to an aromatic ring is 1. The molecule has 0 aliphatic rings. The standard InChI is InChI=1S/C10H16N5O3P/c1-7(2-3-19(16,17)18)4-15-6-14-8-9(11)12-5-13-10(8)15/h5-7H,2-4H2,1H3,(H2,11,12,13)(H2,16,17,18). The van der Waals surface area contributed by atoms with Crippen LogP contribution in [0.15, 0.2) is 12.7 Å². The van der Waals surface area contributed by atoms with Gasteiger partial charge in [0, 0.05) is 6.54 Å². The molecule has 0 amide bonds. The van der Waals surface area contributed by atoms with Gasteiger partial charge in [-0.2, -0.15) is 0 Å². The van der Waals surface area contributed by atoms with E-state index in [1.807, 2.05) is 11.5 Å². The smallest absolute Gasteiger partial charge is 0.325 e. The zero-order valence-corrected chi connectivity index (χ0v) is 11.4. The molecule has 19 heavy (non-hydrogen) atoms. The molecule has 0 aliphatic heterocycles. The van der Waals surface area contributed by atoms with E-state index >= 15 is 0 Å². The van der Waals surface area contributed by atoms with E-state index in [1.54, 1.807) is 6.33 Å². The molecule has 2 aromatic rings. The van der Waals surface area contributed by atoms with E-state index in [2.05, 4.69) is 15.0 Å². The average molecular weight is 285 g/mol. The van der Waals surface area contributed by atoms with Gasteiger partial charge in [0.2, 0.25) is 0 Å². The molecule has 0 spiro atoms. The molecule has 2 rings (SSSR count). The molecule has 1 atom stereocenters. The highest BCUT2D eigenvalue weighted by Gasteiger charge is 2.16. The maximum atomic E-state index is 10.8. The number of nitrogens with two attached hydrogens (primary N) is 1. The first-order chi connectivity index (χ1) is 8.87. The minimum absolute atomic E-state index is 0.0983. The van der Waals surface area contributed by atoms with Gasteiger partial charge in [-0.1, -0.05) is 6.92 Å². The first-order valence-corrected chi connectivity index (χ1v) is 7.62. The van der Waals surface area contributed by atoms with Crippen LogP contribution >= 0.6 is 7.60 Å². The second kappa shape index (κ2) is 5.24. The third-order valence-corrected chi connectivity index (χ3v) is 3.69. The summed E-state index contributed by atoms with van der Waals surface area (Å²) in [6.45, 7) is 2.50. The van der Waals surface area contributed by atoms with E-state index in [0.717, 1.165) is 0 Å². The SMILES string of the molecule is CC(CCP(=O)(O)O)Cn1cnc2c(N)ncnc21. The number of rotatable bonds is 5. The Labute approximate surface area is 109 Å². The Bertz CT molecular complexity index is 623. The van der Waals surface area contributed by atoms with Gasteiger partial charge in [0.25, 0.3) is 0 Å². The molecule has 8 nitrogen and oxygen atoms in total. The van der Waals surface area contributed by atoms with Gasteiger partial charge in [-0.25, -0.2) is 15.0 Å². The fourth-order valence-corrected chi connectivity index (χ4v) is 2.63. The molecule has 9 heteroatoms. The van der Waals surface area contributed by atoms with Crippen LogP contribution in [0.4, 0.5) is 5.82 Å². The summed E-state index contributed by atoms with van der Waals surface area (Å²) in [7, 11) is -3.94. The zero-order chi connectivity index (χ0) is 14.0. The van der Waals surface area contributed by atoms with E-state index < -0.39 is 7.60 Å². The number of aromatic nitrogens is 4. The van der Waals surface area contributed by atoms with Crippen molar-refractivity contribution in [2.75, 3.05) is 11.9 Å². The summed E-state index contributed by atoms with van der Waals surface area (Å²) in [5, 5.41) is 0. The molecule has 4 N–H and O–H groups in total. The molecule has 2 aromatic heterocycles. The van der Waals surface area contributed by atoms with Crippen LogP contribution < -0.4 is 5.73 Å². The minimum atomic E-state index is -3.94. The summed E-state index contributed by atoms with van der Waals surface area (Å²) in [6, 6.07) is 0. The van der Waals surface area contributed by atoms with Crippen molar-refractivity contribution < 1.29 is 14.4 Å². The van der Waals surface area contributed by atoms with Gasteiger partial charge in [-0.05, 0) is 12.3 Å². The third-order valence-electron chi connectivity index (χ3n) is 2.85. The van der Waals surface area contributed by atoms with Crippen molar-refractivity contribution in [3.05, 3.63) is 12.7 Å². The number of hydrogen-bond acceptors (Lipinski definition) is 5. The van der Waals surface area contributed by atoms with Crippen molar-refractivity contribution in [1.82, 2.24) is 19.5 Å². The Hall–Kier alpha value is -1.50. The van der Waals surface area contributed by atoms with Gasteiger partial charge in [0.15, 0.2) is 11.5 Å². The summed E-state index contributed by atoms with van der Waals surface area (Å²) in [5.41, 5.74) is 6.87. The molecule has 0 saturated heterocycles. The monoisotopic (exact) mass is 285 g/mol. The molecule has 0 aliphatic carbocycles. The Morgan fingerprint density at radius 3 is 2.84 bits per heavy atom. The molecule has 0 saturated carbocycles. The largest absolute Gasteiger partial charge is 0.382 e. The Morgan fingerprint density at radius 1 is 1.42 bits per heavy atom. The van der Waals surface area contributed by atoms with Crippen LogP contribution in [0, 0.1) is 5.92 Å². The van der Waals surface area contributed by atoms with Crippen molar-refractivity contribution >= 4 is 24.6 Å². The number of imidazole rings is 1. The Morgan fingerprint density at radius 2 is 2.16 bits per heavy atom. The average Bonchev–Trinajstić information content (AvgIpc) is 2.71. The summed E-state index contributed by atoms with van der Waals surface area (Å²) in [6.07, 6.45) is 3.31. The van der Waals surface area contributed by atoms with Crippen LogP contribution in [0.3, 0.4) is 0 Å². The van der Waals surface area contributed by atoms with E-state index in [-0.39, 0.29) is 12.1 Å². The predicted octanol–water partition coefficient (Wildman–Crippen LogP) is 0.612. The summed E-state index contributed by atoms with van der Waals surface area (Å²) >= 11 is 0. The van der Waals surface area contributed by atoms with Crippen molar-refractivity contribution in [2.24, 2.45) is 5.92 Å². The molecule has 0 aromatic carbocycles. The van der Waals surface area contributed by atoms with Gasteiger partial charge in [0.05, 0.1) is 12.5 Å². The second-order valence-corrected chi connectivity index (χ2v) is 6.39. The fraction of sp³-hybridized carbons (Fsp3) is 0.500. The van der Waals surface area contributed by atoms with Gasteiger partial charge in [0.1, 0.15) is 11.8 Å². The highest BCUT2D eigenvalue weighted by molar-refractivity contribution is 7.51. The first kappa shape index (κ1) is 13.9. The van der Waals surface area contributed by atoms with Crippen LogP contribution in [-0.4, -0.2) is 35.5 Å². The lowest BCUT2D eigenvalue weighted by molar-refractivity contribution is 0.363. The van der Waals surface area contributed by atoms with E-state index in [9.17, 15) is 4.57 Å². The molecule has 104 valence electrons. The third kappa shape index (κ3) is 3.50. The number of anilines is 1. The summed E-state index contributed by atoms with van der Waals surface area (Å²) in [4.78, 5) is 29.8. The summed E-state index contributed by atoms with van der Waals surface area (Å²) < 4.78 is 12.7. The molecule has 2 heterocycles. The highest BCUT2D eigenvalue weighted by atomic mass is 31.2. The van der Waals surface area contributed by atoms with E-state index in [1.165, 1.54) is 6.33 Å². The lowest BCUT2D eigenvalue weighted by atomic mass is 10.1. The summed E-state index contributed by atoms with van der Waals surface area (Å²) in [5.74, 6) is 0.424. The molecular weight excluding hydrogens is 269 g/mol. The normalized spacial score (nSPS) is 13.8. The van der Waals surface area contributed by atoms with Crippen LogP contribution in [-0.2, 0) is 11.1 Å². The fourth-order valence-electron chi connectivity index (χ4n) is 1.85. The van der Waals surface area contributed by atoms with Crippen LogP contribution in [0.1, 0.15) is 13.3 Å². The lowest BCUT2D eigenvalue weighted by Crippen LogP contribution is -2.09. The van der Waals surface area contributed by atoms with Crippen LogP contribution in [0.25, 0.3) is 11.2 Å². The maximum Gasteiger partial charge on any atom is 0.325 e. The van der Waals surface area contributed by atoms with E-state index in [0.29, 0.717) is 29.9 Å². The van der Waals surface area contributed by atoms with E-state index in [4.69, 9.17) is 15.5 Å². The van der Waals surface area contributed by atoms with Crippen molar-refractivity contribution in [3.63, 3.8) is 0 Å².